The zero-order valence-corrected chi connectivity index (χ0v) is 15.3. The monoisotopic (exact) mass is 381 g/mol. The van der Waals surface area contributed by atoms with Crippen molar-refractivity contribution in [2.75, 3.05) is 20.5 Å². The highest BCUT2D eigenvalue weighted by Crippen LogP contribution is 2.27. The van der Waals surface area contributed by atoms with Gasteiger partial charge in [0.15, 0.2) is 6.29 Å². The van der Waals surface area contributed by atoms with Gasteiger partial charge >= 0.3 is 0 Å². The predicted molar refractivity (Wildman–Crippen MR) is 91.9 cm³/mol. The Balaban J connectivity index is 2.06. The average molecular weight is 381 g/mol. The van der Waals surface area contributed by atoms with Crippen molar-refractivity contribution in [1.29, 1.82) is 0 Å². The van der Waals surface area contributed by atoms with Gasteiger partial charge in [-0.05, 0) is 18.2 Å². The van der Waals surface area contributed by atoms with Gasteiger partial charge in [0.2, 0.25) is 10.0 Å². The maximum atomic E-state index is 11.7. The number of pyridine rings is 2. The number of sulfonamides is 1. The molecule has 0 atom stereocenters. The molecule has 0 aromatic carbocycles. The fraction of sp³-hybridized carbons (Fsp3) is 0.312. The number of aromatic nitrogens is 2. The van der Waals surface area contributed by atoms with Crippen molar-refractivity contribution in [2.45, 2.75) is 12.9 Å². The third-order valence-electron chi connectivity index (χ3n) is 3.24. The SMILES string of the molecule is COC(OC)c1ccncc1OCc1ccc(C(=O)NS(C)(=O)=O)cn1. The first-order chi connectivity index (χ1) is 12.3. The second-order valence-corrected chi connectivity index (χ2v) is 7.00. The third-order valence-corrected chi connectivity index (χ3v) is 3.80. The van der Waals surface area contributed by atoms with Crippen molar-refractivity contribution in [2.24, 2.45) is 0 Å². The van der Waals surface area contributed by atoms with Gasteiger partial charge in [-0.1, -0.05) is 0 Å². The van der Waals surface area contributed by atoms with E-state index in [0.717, 1.165) is 6.26 Å². The van der Waals surface area contributed by atoms with E-state index in [-0.39, 0.29) is 12.2 Å². The van der Waals surface area contributed by atoms with Gasteiger partial charge in [0.25, 0.3) is 5.91 Å². The van der Waals surface area contributed by atoms with Gasteiger partial charge < -0.3 is 14.2 Å². The fourth-order valence-corrected chi connectivity index (χ4v) is 2.53. The second-order valence-electron chi connectivity index (χ2n) is 5.25. The van der Waals surface area contributed by atoms with Crippen molar-refractivity contribution >= 4 is 15.9 Å². The highest BCUT2D eigenvalue weighted by Gasteiger charge is 2.16. The molecule has 0 radical (unpaired) electrons. The topological polar surface area (TPSA) is 117 Å². The molecule has 9 nitrogen and oxygen atoms in total. The van der Waals surface area contributed by atoms with Crippen LogP contribution in [-0.2, 0) is 26.1 Å². The fourth-order valence-electron chi connectivity index (χ4n) is 2.08. The predicted octanol–water partition coefficient (Wildman–Crippen LogP) is 1.04. The summed E-state index contributed by atoms with van der Waals surface area (Å²) in [5.41, 5.74) is 1.34. The van der Waals surface area contributed by atoms with E-state index >= 15 is 0 Å². The van der Waals surface area contributed by atoms with Gasteiger partial charge in [0, 0.05) is 26.6 Å². The Labute approximate surface area is 151 Å². The van der Waals surface area contributed by atoms with Crippen molar-refractivity contribution in [3.63, 3.8) is 0 Å². The summed E-state index contributed by atoms with van der Waals surface area (Å²) in [6, 6.07) is 4.75. The number of carbonyl (C=O) groups is 1. The summed E-state index contributed by atoms with van der Waals surface area (Å²) < 4.78 is 40.2. The minimum absolute atomic E-state index is 0.118. The molecule has 1 amide bonds. The van der Waals surface area contributed by atoms with Crippen LogP contribution < -0.4 is 9.46 Å². The number of amides is 1. The molecule has 2 aromatic heterocycles. The number of hydrogen-bond acceptors (Lipinski definition) is 8. The summed E-state index contributed by atoms with van der Waals surface area (Å²) in [7, 11) is -0.600. The highest BCUT2D eigenvalue weighted by atomic mass is 32.2. The van der Waals surface area contributed by atoms with E-state index in [9.17, 15) is 13.2 Å². The van der Waals surface area contributed by atoms with E-state index in [1.54, 1.807) is 18.3 Å². The van der Waals surface area contributed by atoms with E-state index in [0.29, 0.717) is 17.0 Å². The number of ether oxygens (including phenoxy) is 3. The van der Waals surface area contributed by atoms with Crippen molar-refractivity contribution < 1.29 is 27.4 Å². The van der Waals surface area contributed by atoms with Crippen LogP contribution in [0.1, 0.15) is 27.9 Å². The third kappa shape index (κ3) is 5.48. The van der Waals surface area contributed by atoms with Crippen LogP contribution in [0, 0.1) is 0 Å². The van der Waals surface area contributed by atoms with Gasteiger partial charge in [-0.25, -0.2) is 13.1 Å². The summed E-state index contributed by atoms with van der Waals surface area (Å²) in [4.78, 5) is 19.8. The van der Waals surface area contributed by atoms with Gasteiger partial charge in [-0.3, -0.25) is 14.8 Å². The maximum absolute atomic E-state index is 11.7. The molecule has 2 heterocycles. The molecule has 0 aliphatic heterocycles. The van der Waals surface area contributed by atoms with Crippen LogP contribution in [0.15, 0.2) is 36.8 Å². The summed E-state index contributed by atoms with van der Waals surface area (Å²) in [5, 5.41) is 0. The normalized spacial score (nSPS) is 11.4. The standard InChI is InChI=1S/C16H19N3O6S/c1-23-16(24-2)13-6-7-17-9-14(13)25-10-12-5-4-11(8-18-12)15(20)19-26(3,21)22/h4-9,16H,10H2,1-3H3,(H,19,20). The van der Waals surface area contributed by atoms with Gasteiger partial charge in [0.05, 0.1) is 29.3 Å². The van der Waals surface area contributed by atoms with Crippen LogP contribution in [0.5, 0.6) is 5.75 Å². The number of nitrogens with one attached hydrogen (secondary N) is 1. The van der Waals surface area contributed by atoms with Gasteiger partial charge in [-0.15, -0.1) is 0 Å². The quantitative estimate of drug-likeness (QED) is 0.674. The van der Waals surface area contributed by atoms with Crippen LogP contribution in [0.3, 0.4) is 0 Å². The van der Waals surface area contributed by atoms with Crippen LogP contribution >= 0.6 is 0 Å². The molecule has 0 bridgehead atoms. The minimum Gasteiger partial charge on any atom is -0.485 e. The molecule has 140 valence electrons. The summed E-state index contributed by atoms with van der Waals surface area (Å²) in [6.45, 7) is 0.118. The molecule has 0 saturated carbocycles. The lowest BCUT2D eigenvalue weighted by molar-refractivity contribution is -0.107. The first-order valence-electron chi connectivity index (χ1n) is 7.43. The Morgan fingerprint density at radius 3 is 2.50 bits per heavy atom. The zero-order valence-electron chi connectivity index (χ0n) is 14.5. The van der Waals surface area contributed by atoms with Gasteiger partial charge in [0.1, 0.15) is 12.4 Å². The largest absolute Gasteiger partial charge is 0.485 e. The summed E-state index contributed by atoms with van der Waals surface area (Å²) >= 11 is 0. The summed E-state index contributed by atoms with van der Waals surface area (Å²) in [5.74, 6) is -0.271. The molecular formula is C16H19N3O6S. The molecule has 0 spiro atoms. The zero-order chi connectivity index (χ0) is 19.2. The summed E-state index contributed by atoms with van der Waals surface area (Å²) in [6.07, 6.45) is 4.72. The average Bonchev–Trinajstić information content (AvgIpc) is 2.61. The molecular weight excluding hydrogens is 362 g/mol. The van der Waals surface area contributed by atoms with E-state index in [1.807, 2.05) is 4.72 Å². The van der Waals surface area contributed by atoms with E-state index in [1.165, 1.54) is 32.7 Å². The lowest BCUT2D eigenvalue weighted by Gasteiger charge is -2.17. The molecule has 0 aliphatic carbocycles. The molecule has 0 fully saturated rings. The van der Waals surface area contributed by atoms with Crippen molar-refractivity contribution in [3.05, 3.63) is 53.6 Å². The van der Waals surface area contributed by atoms with Crippen LogP contribution in [0.4, 0.5) is 0 Å². The Morgan fingerprint density at radius 1 is 1.19 bits per heavy atom. The van der Waals surface area contributed by atoms with Crippen LogP contribution in [0.2, 0.25) is 0 Å². The van der Waals surface area contributed by atoms with Gasteiger partial charge in [-0.2, -0.15) is 0 Å². The number of carbonyl (C=O) groups excluding carboxylic acids is 1. The van der Waals surface area contributed by atoms with E-state index < -0.39 is 22.2 Å². The Hall–Kier alpha value is -2.56. The smallest absolute Gasteiger partial charge is 0.266 e. The molecule has 1 N–H and O–H groups in total. The molecule has 0 aliphatic rings. The molecule has 2 rings (SSSR count). The van der Waals surface area contributed by atoms with E-state index in [2.05, 4.69) is 9.97 Å². The number of methoxy groups -OCH3 is 2. The number of rotatable bonds is 8. The van der Waals surface area contributed by atoms with Crippen molar-refractivity contribution in [1.82, 2.24) is 14.7 Å². The molecule has 10 heteroatoms. The molecule has 26 heavy (non-hydrogen) atoms. The molecule has 0 unspecified atom stereocenters. The first kappa shape index (κ1) is 19.8. The maximum Gasteiger partial charge on any atom is 0.266 e. The minimum atomic E-state index is -3.63. The Kier molecular flexibility index (Phi) is 6.61. The molecule has 0 saturated heterocycles. The second kappa shape index (κ2) is 8.70. The first-order valence-corrected chi connectivity index (χ1v) is 9.32. The van der Waals surface area contributed by atoms with E-state index in [4.69, 9.17) is 14.2 Å². The Bertz CT molecular complexity index is 851. The van der Waals surface area contributed by atoms with Crippen LogP contribution in [-0.4, -0.2) is 44.8 Å². The number of hydrogen-bond donors (Lipinski definition) is 1. The van der Waals surface area contributed by atoms with Crippen LogP contribution in [0.25, 0.3) is 0 Å². The Morgan fingerprint density at radius 2 is 1.92 bits per heavy atom. The lowest BCUT2D eigenvalue weighted by atomic mass is 10.2. The lowest BCUT2D eigenvalue weighted by Crippen LogP contribution is -2.29. The van der Waals surface area contributed by atoms with Crippen molar-refractivity contribution in [3.8, 4) is 5.75 Å². The number of nitrogens with zero attached hydrogens (tertiary/aromatic N) is 2. The highest BCUT2D eigenvalue weighted by molar-refractivity contribution is 7.89. The molecule has 2 aromatic rings.